The first kappa shape index (κ1) is 13.8. The van der Waals surface area contributed by atoms with Gasteiger partial charge in [-0.3, -0.25) is 4.98 Å². The molecule has 7 heteroatoms. The second-order valence-corrected chi connectivity index (χ2v) is 6.59. The molecule has 122 valence electrons. The molecule has 2 fully saturated rings. The van der Waals surface area contributed by atoms with Gasteiger partial charge in [-0.15, -0.1) is 0 Å². The Morgan fingerprint density at radius 1 is 1.17 bits per heavy atom. The Hall–Kier alpha value is -2.57. The molecule has 1 atom stereocenters. The van der Waals surface area contributed by atoms with Gasteiger partial charge in [0.1, 0.15) is 5.82 Å². The van der Waals surface area contributed by atoms with Gasteiger partial charge in [-0.05, 0) is 25.0 Å². The largest absolute Gasteiger partial charge is 0.351 e. The molecule has 3 aromatic rings. The summed E-state index contributed by atoms with van der Waals surface area (Å²) in [6, 6.07) is 7.66. The van der Waals surface area contributed by atoms with Crippen LogP contribution in [0.2, 0.25) is 0 Å². The molecule has 1 aliphatic carbocycles. The molecule has 3 heterocycles. The summed E-state index contributed by atoms with van der Waals surface area (Å²) in [5.74, 6) is 1.77. The molecule has 1 unspecified atom stereocenters. The lowest BCUT2D eigenvalue weighted by molar-refractivity contribution is 0.136. The van der Waals surface area contributed by atoms with Gasteiger partial charge >= 0.3 is 0 Å². The van der Waals surface area contributed by atoms with Gasteiger partial charge in [0.2, 0.25) is 5.67 Å². The molecule has 0 N–H and O–H groups in total. The van der Waals surface area contributed by atoms with Crippen LogP contribution >= 0.6 is 0 Å². The zero-order valence-electron chi connectivity index (χ0n) is 13.0. The summed E-state index contributed by atoms with van der Waals surface area (Å²) in [5.41, 5.74) is 0.0195. The monoisotopic (exact) mass is 325 g/mol. The average molecular weight is 325 g/mol. The quantitative estimate of drug-likeness (QED) is 0.737. The highest BCUT2D eigenvalue weighted by Crippen LogP contribution is 2.41. The van der Waals surface area contributed by atoms with Crippen LogP contribution in [0.4, 0.5) is 10.2 Å². The highest BCUT2D eigenvalue weighted by atomic mass is 19.1. The molecule has 0 bridgehead atoms. The molecule has 6 nitrogen and oxygen atoms in total. The Labute approximate surface area is 137 Å². The third-order valence-electron chi connectivity index (χ3n) is 4.75. The molecule has 2 aromatic heterocycles. The number of halogens is 1. The lowest BCUT2D eigenvalue weighted by atomic mass is 10.1. The van der Waals surface area contributed by atoms with Gasteiger partial charge < -0.3 is 9.42 Å². The van der Waals surface area contributed by atoms with Crippen molar-refractivity contribution in [1.29, 1.82) is 0 Å². The fraction of sp³-hybridized carbons (Fsp3) is 0.412. The van der Waals surface area contributed by atoms with Crippen molar-refractivity contribution in [2.75, 3.05) is 18.0 Å². The van der Waals surface area contributed by atoms with Gasteiger partial charge in [0, 0.05) is 18.9 Å². The zero-order chi connectivity index (χ0) is 16.1. The van der Waals surface area contributed by atoms with Crippen molar-refractivity contribution in [2.24, 2.45) is 0 Å². The van der Waals surface area contributed by atoms with Crippen LogP contribution in [0.3, 0.4) is 0 Å². The van der Waals surface area contributed by atoms with Crippen molar-refractivity contribution in [1.82, 2.24) is 20.1 Å². The molecule has 0 amide bonds. The highest BCUT2D eigenvalue weighted by molar-refractivity contribution is 5.75. The predicted molar refractivity (Wildman–Crippen MR) is 85.4 cm³/mol. The summed E-state index contributed by atoms with van der Waals surface area (Å²) in [6.45, 7) is 0.705. The van der Waals surface area contributed by atoms with Crippen molar-refractivity contribution < 1.29 is 8.91 Å². The van der Waals surface area contributed by atoms with Crippen molar-refractivity contribution in [3.8, 4) is 0 Å². The van der Waals surface area contributed by atoms with Gasteiger partial charge in [-0.25, -0.2) is 9.37 Å². The second-order valence-electron chi connectivity index (χ2n) is 6.59. The van der Waals surface area contributed by atoms with Crippen LogP contribution in [0.5, 0.6) is 0 Å². The molecule has 1 saturated heterocycles. The summed E-state index contributed by atoms with van der Waals surface area (Å²) in [7, 11) is 0. The zero-order valence-corrected chi connectivity index (χ0v) is 13.0. The normalized spacial score (nSPS) is 24.0. The van der Waals surface area contributed by atoms with E-state index in [1.54, 1.807) is 6.20 Å². The number of fused-ring (bicyclic) bond motifs is 1. The molecule has 1 aliphatic heterocycles. The van der Waals surface area contributed by atoms with Gasteiger partial charge in [-0.2, -0.15) is 4.98 Å². The first-order chi connectivity index (χ1) is 11.7. The van der Waals surface area contributed by atoms with E-state index in [9.17, 15) is 0 Å². The lowest BCUT2D eigenvalue weighted by Gasteiger charge is -2.18. The molecule has 24 heavy (non-hydrogen) atoms. The summed E-state index contributed by atoms with van der Waals surface area (Å²) in [4.78, 5) is 15.2. The number of alkyl halides is 1. The predicted octanol–water partition coefficient (Wildman–Crippen LogP) is 2.97. The van der Waals surface area contributed by atoms with Crippen LogP contribution in [0, 0.1) is 0 Å². The minimum Gasteiger partial charge on any atom is -0.351 e. The van der Waals surface area contributed by atoms with Gasteiger partial charge in [0.05, 0.1) is 23.8 Å². The Bertz CT molecular complexity index is 909. The van der Waals surface area contributed by atoms with Crippen molar-refractivity contribution >= 4 is 16.9 Å². The van der Waals surface area contributed by atoms with Crippen LogP contribution < -0.4 is 4.90 Å². The molecule has 0 radical (unpaired) electrons. The minimum atomic E-state index is -1.62. The number of benzene rings is 1. The average Bonchev–Trinajstić information content (AvgIpc) is 3.19. The summed E-state index contributed by atoms with van der Waals surface area (Å²) in [5, 5.41) is 3.93. The maximum absolute atomic E-state index is 15.3. The number of anilines is 1. The number of nitrogens with zero attached hydrogens (tertiary/aromatic N) is 5. The maximum atomic E-state index is 15.3. The number of rotatable bonds is 3. The Morgan fingerprint density at radius 2 is 2.00 bits per heavy atom. The van der Waals surface area contributed by atoms with Crippen molar-refractivity contribution in [3.63, 3.8) is 0 Å². The first-order valence-electron chi connectivity index (χ1n) is 8.21. The van der Waals surface area contributed by atoms with E-state index in [0.717, 1.165) is 23.9 Å². The molecule has 0 spiro atoms. The van der Waals surface area contributed by atoms with E-state index >= 15 is 4.39 Å². The lowest BCUT2D eigenvalue weighted by Crippen LogP contribution is -2.28. The van der Waals surface area contributed by atoms with Crippen molar-refractivity contribution in [3.05, 3.63) is 42.2 Å². The third-order valence-corrected chi connectivity index (χ3v) is 4.75. The smallest absolute Gasteiger partial charge is 0.266 e. The minimum absolute atomic E-state index is 0.0978. The van der Waals surface area contributed by atoms with E-state index in [1.807, 2.05) is 29.2 Å². The fourth-order valence-electron chi connectivity index (χ4n) is 3.17. The maximum Gasteiger partial charge on any atom is 0.266 e. The van der Waals surface area contributed by atoms with Gasteiger partial charge in [-0.1, -0.05) is 17.3 Å². The molecular weight excluding hydrogens is 309 g/mol. The van der Waals surface area contributed by atoms with E-state index < -0.39 is 5.67 Å². The van der Waals surface area contributed by atoms with Gasteiger partial charge in [0.25, 0.3) is 5.89 Å². The number of para-hydroxylation sites is 2. The number of aromatic nitrogens is 4. The van der Waals surface area contributed by atoms with E-state index in [-0.39, 0.29) is 12.4 Å². The standard InChI is InChI=1S/C17H16FN5O/c18-17(16-21-15(22-24-16)11-5-6-11)7-8-23(10-17)14-9-19-12-3-1-2-4-13(12)20-14/h1-4,9,11H,5-8,10H2. The van der Waals surface area contributed by atoms with Crippen LogP contribution in [0.15, 0.2) is 35.0 Å². The van der Waals surface area contributed by atoms with Crippen LogP contribution in [-0.4, -0.2) is 33.2 Å². The summed E-state index contributed by atoms with van der Waals surface area (Å²) < 4.78 is 20.5. The Kier molecular flexibility index (Phi) is 2.86. The van der Waals surface area contributed by atoms with Crippen molar-refractivity contribution in [2.45, 2.75) is 30.8 Å². The highest BCUT2D eigenvalue weighted by Gasteiger charge is 2.46. The third kappa shape index (κ3) is 2.23. The molecular formula is C17H16FN5O. The number of hydrogen-bond donors (Lipinski definition) is 0. The van der Waals surface area contributed by atoms with E-state index in [0.29, 0.717) is 30.5 Å². The van der Waals surface area contributed by atoms with Crippen LogP contribution in [-0.2, 0) is 5.67 Å². The summed E-state index contributed by atoms with van der Waals surface area (Å²) in [6.07, 6.45) is 4.14. The molecule has 5 rings (SSSR count). The first-order valence-corrected chi connectivity index (χ1v) is 8.21. The van der Waals surface area contributed by atoms with Gasteiger partial charge in [0.15, 0.2) is 5.82 Å². The van der Waals surface area contributed by atoms with Crippen LogP contribution in [0.25, 0.3) is 11.0 Å². The molecule has 1 saturated carbocycles. The molecule has 1 aromatic carbocycles. The fourth-order valence-corrected chi connectivity index (χ4v) is 3.17. The van der Waals surface area contributed by atoms with E-state index in [4.69, 9.17) is 4.52 Å². The molecule has 2 aliphatic rings. The Balaban J connectivity index is 1.41. The Morgan fingerprint density at radius 3 is 2.83 bits per heavy atom. The summed E-state index contributed by atoms with van der Waals surface area (Å²) >= 11 is 0. The van der Waals surface area contributed by atoms with E-state index in [2.05, 4.69) is 20.1 Å². The topological polar surface area (TPSA) is 67.9 Å². The van der Waals surface area contributed by atoms with Crippen LogP contribution in [0.1, 0.15) is 36.9 Å². The second kappa shape index (κ2) is 4.96. The van der Waals surface area contributed by atoms with E-state index in [1.165, 1.54) is 0 Å². The SMILES string of the molecule is FC1(c2nc(C3CC3)no2)CCN(c2cnc3ccccc3n2)C1. The number of hydrogen-bond acceptors (Lipinski definition) is 6.